The second-order valence-corrected chi connectivity index (χ2v) is 6.14. The van der Waals surface area contributed by atoms with E-state index < -0.39 is 0 Å². The van der Waals surface area contributed by atoms with Gasteiger partial charge in [-0.1, -0.05) is 5.92 Å². The third kappa shape index (κ3) is 5.88. The third-order valence-electron chi connectivity index (χ3n) is 3.90. The van der Waals surface area contributed by atoms with Crippen LogP contribution in [-0.2, 0) is 4.74 Å². The Morgan fingerprint density at radius 1 is 1.07 bits per heavy atom. The van der Waals surface area contributed by atoms with Gasteiger partial charge in [0.15, 0.2) is 0 Å². The summed E-state index contributed by atoms with van der Waals surface area (Å²) in [5, 5.41) is 4.14. The van der Waals surface area contributed by atoms with E-state index in [1.54, 1.807) is 7.11 Å². The molecule has 0 bridgehead atoms. The van der Waals surface area contributed by atoms with Gasteiger partial charge in [-0.3, -0.25) is 0 Å². The highest BCUT2D eigenvalue weighted by Gasteiger charge is 2.10. The fourth-order valence-corrected chi connectivity index (χ4v) is 2.67. The van der Waals surface area contributed by atoms with Crippen molar-refractivity contribution in [1.82, 2.24) is 9.97 Å². The predicted octanol–water partition coefficient (Wildman–Crippen LogP) is 4.42. The number of nitrogens with one attached hydrogen (secondary N) is 1. The van der Waals surface area contributed by atoms with Gasteiger partial charge in [0.25, 0.3) is 0 Å². The van der Waals surface area contributed by atoms with Crippen molar-refractivity contribution in [2.75, 3.05) is 38.1 Å². The first-order valence-electron chi connectivity index (χ1n) is 8.68. The Labute approximate surface area is 181 Å². The molecule has 0 radical (unpaired) electrons. The number of ether oxygens (including phenoxy) is 3. The highest BCUT2D eigenvalue weighted by Crippen LogP contribution is 2.31. The van der Waals surface area contributed by atoms with Crippen LogP contribution in [0.3, 0.4) is 0 Å². The van der Waals surface area contributed by atoms with Crippen LogP contribution < -0.4 is 14.8 Å². The van der Waals surface area contributed by atoms with Crippen LogP contribution >= 0.6 is 24.0 Å². The Bertz CT molecular complexity index is 993. The minimum atomic E-state index is 0. The topological polar surface area (TPSA) is 65.5 Å². The maximum atomic E-state index is 5.74. The molecular formula is C21H21Cl2N3O3. The quantitative estimate of drug-likeness (QED) is 0.306. The summed E-state index contributed by atoms with van der Waals surface area (Å²) in [7, 11) is 1.63. The van der Waals surface area contributed by atoms with Crippen LogP contribution in [0.2, 0.25) is 0 Å². The fraction of sp³-hybridized carbons (Fsp3) is 0.238. The zero-order valence-corrected chi connectivity index (χ0v) is 17.4. The average Bonchev–Trinajstić information content (AvgIpc) is 2.73. The van der Waals surface area contributed by atoms with Gasteiger partial charge in [0.2, 0.25) is 0 Å². The van der Waals surface area contributed by atoms with Crippen LogP contribution in [0.4, 0.5) is 11.5 Å². The molecule has 0 unspecified atom stereocenters. The summed E-state index contributed by atoms with van der Waals surface area (Å²) < 4.78 is 16.4. The summed E-state index contributed by atoms with van der Waals surface area (Å²) >= 11 is 5.74. The van der Waals surface area contributed by atoms with Crippen molar-refractivity contribution in [3.63, 3.8) is 0 Å². The van der Waals surface area contributed by atoms with Gasteiger partial charge in [0, 0.05) is 24.1 Å². The molecule has 8 heteroatoms. The van der Waals surface area contributed by atoms with Gasteiger partial charge in [0.1, 0.15) is 36.9 Å². The second-order valence-electron chi connectivity index (χ2n) is 5.76. The highest BCUT2D eigenvalue weighted by atomic mass is 35.5. The molecular weight excluding hydrogens is 413 g/mol. The number of benzene rings is 2. The zero-order valence-electron chi connectivity index (χ0n) is 15.9. The largest absolute Gasteiger partial charge is 0.491 e. The van der Waals surface area contributed by atoms with Crippen molar-refractivity contribution in [3.05, 3.63) is 48.3 Å². The van der Waals surface area contributed by atoms with E-state index in [0.717, 1.165) is 22.2 Å². The first-order valence-corrected chi connectivity index (χ1v) is 9.21. The molecule has 0 aliphatic rings. The van der Waals surface area contributed by atoms with E-state index in [1.165, 1.54) is 6.33 Å². The smallest absolute Gasteiger partial charge is 0.142 e. The van der Waals surface area contributed by atoms with E-state index in [4.69, 9.17) is 32.2 Å². The average molecular weight is 434 g/mol. The Morgan fingerprint density at radius 3 is 2.69 bits per heavy atom. The second kappa shape index (κ2) is 11.3. The van der Waals surface area contributed by atoms with E-state index in [2.05, 4.69) is 21.2 Å². The van der Waals surface area contributed by atoms with Crippen LogP contribution in [0.1, 0.15) is 5.56 Å². The first-order chi connectivity index (χ1) is 13.7. The van der Waals surface area contributed by atoms with Gasteiger partial charge in [-0.25, -0.2) is 9.97 Å². The van der Waals surface area contributed by atoms with Gasteiger partial charge in [0.05, 0.1) is 23.7 Å². The minimum Gasteiger partial charge on any atom is -0.491 e. The van der Waals surface area contributed by atoms with Crippen LogP contribution in [-0.4, -0.2) is 42.8 Å². The summed E-state index contributed by atoms with van der Waals surface area (Å²) in [5.74, 6) is 5.01. The molecule has 0 aliphatic heterocycles. The number of nitrogens with zero attached hydrogens (tertiary/aromatic N) is 2. The monoisotopic (exact) mass is 433 g/mol. The molecule has 2 aromatic carbocycles. The Morgan fingerprint density at radius 2 is 1.93 bits per heavy atom. The molecule has 0 amide bonds. The summed E-state index contributed by atoms with van der Waals surface area (Å²) in [5.41, 5.74) is 2.19. The molecule has 29 heavy (non-hydrogen) atoms. The minimum absolute atomic E-state index is 0. The van der Waals surface area contributed by atoms with Gasteiger partial charge in [-0.15, -0.1) is 30.4 Å². The molecule has 1 heterocycles. The lowest BCUT2D eigenvalue weighted by atomic mass is 10.1. The number of alkyl halides is 1. The molecule has 3 rings (SSSR count). The number of rotatable bonds is 9. The van der Waals surface area contributed by atoms with E-state index in [1.807, 2.05) is 36.4 Å². The molecule has 0 spiro atoms. The summed E-state index contributed by atoms with van der Waals surface area (Å²) in [6.45, 7) is 1.38. The maximum Gasteiger partial charge on any atom is 0.142 e. The highest BCUT2D eigenvalue weighted by molar-refractivity contribution is 6.18. The first kappa shape index (κ1) is 22.6. The van der Waals surface area contributed by atoms with Crippen molar-refractivity contribution in [2.45, 2.75) is 0 Å². The molecule has 0 atom stereocenters. The predicted molar refractivity (Wildman–Crippen MR) is 118 cm³/mol. The number of aromatic nitrogens is 2. The Balaban J connectivity index is 0.00000300. The van der Waals surface area contributed by atoms with Crippen LogP contribution in [0.15, 0.2) is 42.7 Å². The van der Waals surface area contributed by atoms with E-state index in [9.17, 15) is 0 Å². The molecule has 3 aromatic rings. The number of methoxy groups -OCH3 is 1. The van der Waals surface area contributed by atoms with Gasteiger partial charge in [-0.05, 0) is 30.3 Å². The molecule has 0 saturated carbocycles. The molecule has 0 saturated heterocycles. The van der Waals surface area contributed by atoms with Crippen LogP contribution in [0.25, 0.3) is 10.9 Å². The van der Waals surface area contributed by atoms with E-state index in [-0.39, 0.29) is 12.4 Å². The lowest BCUT2D eigenvalue weighted by Crippen LogP contribution is -2.05. The molecule has 152 valence electrons. The van der Waals surface area contributed by atoms with Crippen LogP contribution in [0.5, 0.6) is 11.5 Å². The standard InChI is InChI=1S/C21H20ClN3O3.ClH/c1-3-15-4-7-20(28-9-8-22)19(12-15)25-21-17-6-5-16(27-11-10-26-2)13-18(17)23-14-24-21;/h1,4-7,12-14H,8-11H2,2H3,(H,23,24,25);1H. The Hall–Kier alpha value is -2.72. The van der Waals surface area contributed by atoms with Crippen molar-refractivity contribution >= 4 is 46.4 Å². The fourth-order valence-electron chi connectivity index (χ4n) is 2.59. The number of hydrogen-bond acceptors (Lipinski definition) is 6. The number of hydrogen-bond donors (Lipinski definition) is 1. The Kier molecular flexibility index (Phi) is 8.81. The van der Waals surface area contributed by atoms with Gasteiger partial charge >= 0.3 is 0 Å². The number of fused-ring (bicyclic) bond motifs is 1. The summed E-state index contributed by atoms with van der Waals surface area (Å²) in [6, 6.07) is 11.1. The summed E-state index contributed by atoms with van der Waals surface area (Å²) in [4.78, 5) is 8.70. The van der Waals surface area contributed by atoms with Crippen molar-refractivity contribution in [1.29, 1.82) is 0 Å². The van der Waals surface area contributed by atoms with Crippen LogP contribution in [0, 0.1) is 12.3 Å². The number of anilines is 2. The summed E-state index contributed by atoms with van der Waals surface area (Å²) in [6.07, 6.45) is 7.03. The van der Waals surface area contributed by atoms with Gasteiger partial charge in [-0.2, -0.15) is 0 Å². The zero-order chi connectivity index (χ0) is 19.8. The number of halogens is 2. The maximum absolute atomic E-state index is 5.74. The lowest BCUT2D eigenvalue weighted by molar-refractivity contribution is 0.146. The molecule has 1 N–H and O–H groups in total. The van der Waals surface area contributed by atoms with Gasteiger partial charge < -0.3 is 19.5 Å². The van der Waals surface area contributed by atoms with E-state index in [0.29, 0.717) is 43.0 Å². The normalized spacial score (nSPS) is 10.1. The van der Waals surface area contributed by atoms with Crippen molar-refractivity contribution < 1.29 is 14.2 Å². The molecule has 0 aliphatic carbocycles. The van der Waals surface area contributed by atoms with Crippen molar-refractivity contribution in [2.24, 2.45) is 0 Å². The lowest BCUT2D eigenvalue weighted by Gasteiger charge is -2.14. The number of terminal acetylenes is 1. The molecule has 0 fully saturated rings. The van der Waals surface area contributed by atoms with Crippen molar-refractivity contribution in [3.8, 4) is 23.8 Å². The molecule has 6 nitrogen and oxygen atoms in total. The SMILES string of the molecule is C#Cc1ccc(OCCCl)c(Nc2ncnc3cc(OCCOC)ccc23)c1.Cl. The third-order valence-corrected chi connectivity index (χ3v) is 4.05. The van der Waals surface area contributed by atoms with E-state index >= 15 is 0 Å². The molecule has 1 aromatic heterocycles.